The highest BCUT2D eigenvalue weighted by molar-refractivity contribution is 6.25. The first kappa shape index (κ1) is 26.2. The smallest absolute Gasteiger partial charge is 0.164 e. The summed E-state index contributed by atoms with van der Waals surface area (Å²) < 4.78 is 0. The summed E-state index contributed by atoms with van der Waals surface area (Å²) in [6.45, 7) is 0. The second kappa shape index (κ2) is 10.7. The second-order valence-electron chi connectivity index (χ2n) is 11.5. The van der Waals surface area contributed by atoms with E-state index in [0.29, 0.717) is 17.5 Å². The third-order valence-electron chi connectivity index (χ3n) is 8.73. The van der Waals surface area contributed by atoms with Crippen molar-refractivity contribution in [2.75, 3.05) is 0 Å². The minimum absolute atomic E-state index is 0.623. The van der Waals surface area contributed by atoms with Gasteiger partial charge in [-0.2, -0.15) is 0 Å². The zero-order chi connectivity index (χ0) is 30.5. The Morgan fingerprint density at radius 3 is 1.65 bits per heavy atom. The molecule has 2 aromatic heterocycles. The van der Waals surface area contributed by atoms with Crippen molar-refractivity contribution in [1.82, 2.24) is 19.9 Å². The molecule has 9 aromatic rings. The normalized spacial score (nSPS) is 11.5. The van der Waals surface area contributed by atoms with Crippen LogP contribution in [0.2, 0.25) is 0 Å². The Morgan fingerprint density at radius 1 is 0.348 bits per heavy atom. The largest absolute Gasteiger partial charge is 0.256 e. The highest BCUT2D eigenvalue weighted by atomic mass is 15.0. The van der Waals surface area contributed by atoms with E-state index in [4.69, 9.17) is 15.0 Å². The fourth-order valence-electron chi connectivity index (χ4n) is 6.49. The maximum absolute atomic E-state index is 5.00. The molecule has 2 heterocycles. The van der Waals surface area contributed by atoms with E-state index < -0.39 is 0 Å². The summed E-state index contributed by atoms with van der Waals surface area (Å²) in [5, 5.41) is 7.71. The lowest BCUT2D eigenvalue weighted by atomic mass is 9.90. The van der Waals surface area contributed by atoms with Crippen molar-refractivity contribution in [2.24, 2.45) is 0 Å². The Balaban J connectivity index is 1.15. The summed E-state index contributed by atoms with van der Waals surface area (Å²) in [5.41, 5.74) is 7.08. The first-order valence-corrected chi connectivity index (χ1v) is 15.4. The second-order valence-corrected chi connectivity index (χ2v) is 11.5. The number of hydrogen-bond acceptors (Lipinski definition) is 4. The molecule has 0 saturated carbocycles. The average molecular weight is 587 g/mol. The number of pyridine rings is 1. The van der Waals surface area contributed by atoms with Gasteiger partial charge in [0.1, 0.15) is 0 Å². The molecule has 214 valence electrons. The molecule has 0 N–H and O–H groups in total. The van der Waals surface area contributed by atoms with Crippen LogP contribution in [0.1, 0.15) is 0 Å². The van der Waals surface area contributed by atoms with E-state index in [1.807, 2.05) is 66.9 Å². The predicted molar refractivity (Wildman–Crippen MR) is 189 cm³/mol. The fraction of sp³-hybridized carbons (Fsp3) is 0. The average Bonchev–Trinajstić information content (AvgIpc) is 3.14. The molecular weight excluding hydrogens is 560 g/mol. The zero-order valence-corrected chi connectivity index (χ0v) is 24.8. The van der Waals surface area contributed by atoms with Crippen LogP contribution in [-0.2, 0) is 0 Å². The molecule has 9 rings (SSSR count). The first-order chi connectivity index (χ1) is 22.8. The molecule has 0 saturated heterocycles. The van der Waals surface area contributed by atoms with Crippen LogP contribution in [-0.4, -0.2) is 19.9 Å². The van der Waals surface area contributed by atoms with Gasteiger partial charge in [0, 0.05) is 28.5 Å². The van der Waals surface area contributed by atoms with Gasteiger partial charge in [0.25, 0.3) is 0 Å². The standard InChI is InChI=1S/C42H26N4/c1-2-8-31(9-3-1)40-44-41(46-42(45-40)34-13-7-12-33(26-34)37-14-4-5-25-43-37)32-19-15-27(16-20-32)35-23-21-30-18-17-28-10-6-11-29-22-24-36(35)39(30)38(28)29/h1-26H. The topological polar surface area (TPSA) is 51.6 Å². The lowest BCUT2D eigenvalue weighted by Gasteiger charge is -2.14. The minimum Gasteiger partial charge on any atom is -0.256 e. The molecule has 4 nitrogen and oxygen atoms in total. The first-order valence-electron chi connectivity index (χ1n) is 15.4. The lowest BCUT2D eigenvalue weighted by Crippen LogP contribution is -2.00. The Morgan fingerprint density at radius 2 is 0.913 bits per heavy atom. The monoisotopic (exact) mass is 586 g/mol. The van der Waals surface area contributed by atoms with Crippen molar-refractivity contribution in [1.29, 1.82) is 0 Å². The predicted octanol–water partition coefficient (Wildman–Crippen LogP) is 10.5. The quantitative estimate of drug-likeness (QED) is 0.188. The Labute approximate surface area is 266 Å². The molecule has 0 unspecified atom stereocenters. The van der Waals surface area contributed by atoms with Gasteiger partial charge in [-0.3, -0.25) is 4.98 Å². The maximum atomic E-state index is 5.00. The lowest BCUT2D eigenvalue weighted by molar-refractivity contribution is 1.07. The number of nitrogens with zero attached hydrogens (tertiary/aromatic N) is 4. The molecular formula is C42H26N4. The molecule has 0 amide bonds. The SMILES string of the molecule is c1ccc(-c2nc(-c3ccc(-c4ccc5ccc6cccc7ccc4c5c67)cc3)nc(-c3cccc(-c4ccccn4)c3)n2)cc1. The van der Waals surface area contributed by atoms with Crippen molar-refractivity contribution in [2.45, 2.75) is 0 Å². The Hall–Kier alpha value is -6.26. The highest BCUT2D eigenvalue weighted by Gasteiger charge is 2.15. The van der Waals surface area contributed by atoms with Crippen molar-refractivity contribution < 1.29 is 0 Å². The molecule has 0 radical (unpaired) electrons. The zero-order valence-electron chi connectivity index (χ0n) is 24.8. The van der Waals surface area contributed by atoms with Crippen LogP contribution in [0, 0.1) is 0 Å². The van der Waals surface area contributed by atoms with Crippen LogP contribution in [0.25, 0.3) is 88.9 Å². The summed E-state index contributed by atoms with van der Waals surface area (Å²) in [7, 11) is 0. The molecule has 7 aromatic carbocycles. The van der Waals surface area contributed by atoms with Crippen molar-refractivity contribution in [3.63, 3.8) is 0 Å². The summed E-state index contributed by atoms with van der Waals surface area (Å²) in [5.74, 6) is 1.89. The summed E-state index contributed by atoms with van der Waals surface area (Å²) >= 11 is 0. The van der Waals surface area contributed by atoms with Crippen molar-refractivity contribution in [3.05, 3.63) is 158 Å². The molecule has 0 atom stereocenters. The van der Waals surface area contributed by atoms with Crippen LogP contribution in [0.4, 0.5) is 0 Å². The van der Waals surface area contributed by atoms with Crippen LogP contribution >= 0.6 is 0 Å². The Bertz CT molecular complexity index is 2490. The van der Waals surface area contributed by atoms with Gasteiger partial charge in [-0.15, -0.1) is 0 Å². The maximum Gasteiger partial charge on any atom is 0.164 e. The molecule has 0 bridgehead atoms. The third kappa shape index (κ3) is 4.47. The molecule has 0 aliphatic rings. The number of aromatic nitrogens is 4. The van der Waals surface area contributed by atoms with E-state index in [1.54, 1.807) is 0 Å². The van der Waals surface area contributed by atoms with Gasteiger partial charge in [0.05, 0.1) is 5.69 Å². The molecule has 0 spiro atoms. The van der Waals surface area contributed by atoms with E-state index in [9.17, 15) is 0 Å². The fourth-order valence-corrected chi connectivity index (χ4v) is 6.49. The summed E-state index contributed by atoms with van der Waals surface area (Å²) in [6.07, 6.45) is 1.81. The molecule has 46 heavy (non-hydrogen) atoms. The third-order valence-corrected chi connectivity index (χ3v) is 8.73. The number of rotatable bonds is 5. The number of benzene rings is 7. The van der Waals surface area contributed by atoms with Gasteiger partial charge >= 0.3 is 0 Å². The van der Waals surface area contributed by atoms with Gasteiger partial charge in [-0.05, 0) is 61.6 Å². The van der Waals surface area contributed by atoms with Gasteiger partial charge in [-0.1, -0.05) is 133 Å². The van der Waals surface area contributed by atoms with Gasteiger partial charge in [0.15, 0.2) is 17.5 Å². The Kier molecular flexibility index (Phi) is 6.10. The van der Waals surface area contributed by atoms with Crippen molar-refractivity contribution in [3.8, 4) is 56.5 Å². The van der Waals surface area contributed by atoms with E-state index in [0.717, 1.165) is 33.5 Å². The van der Waals surface area contributed by atoms with E-state index in [2.05, 4.69) is 96.0 Å². The highest BCUT2D eigenvalue weighted by Crippen LogP contribution is 2.39. The van der Waals surface area contributed by atoms with Gasteiger partial charge in [-0.25, -0.2) is 15.0 Å². The van der Waals surface area contributed by atoms with Gasteiger partial charge in [0.2, 0.25) is 0 Å². The molecule has 0 fully saturated rings. The molecule has 0 aliphatic carbocycles. The van der Waals surface area contributed by atoms with Crippen LogP contribution < -0.4 is 0 Å². The summed E-state index contributed by atoms with van der Waals surface area (Å²) in [4.78, 5) is 19.4. The molecule has 0 aliphatic heterocycles. The summed E-state index contributed by atoms with van der Waals surface area (Å²) in [6, 6.07) is 52.8. The number of hydrogen-bond donors (Lipinski definition) is 0. The van der Waals surface area contributed by atoms with Crippen LogP contribution in [0.5, 0.6) is 0 Å². The minimum atomic E-state index is 0.623. The van der Waals surface area contributed by atoms with Gasteiger partial charge < -0.3 is 0 Å². The van der Waals surface area contributed by atoms with E-state index in [-0.39, 0.29) is 0 Å². The van der Waals surface area contributed by atoms with Crippen LogP contribution in [0.3, 0.4) is 0 Å². The van der Waals surface area contributed by atoms with E-state index >= 15 is 0 Å². The molecule has 4 heteroatoms. The van der Waals surface area contributed by atoms with Crippen LogP contribution in [0.15, 0.2) is 158 Å². The van der Waals surface area contributed by atoms with Crippen molar-refractivity contribution >= 4 is 32.3 Å². The van der Waals surface area contributed by atoms with E-state index in [1.165, 1.54) is 37.9 Å².